The fraction of sp³-hybridized carbons (Fsp3) is 0.480. The zero-order chi connectivity index (χ0) is 44.9. The zero-order valence-corrected chi connectivity index (χ0v) is 37.1. The lowest BCUT2D eigenvalue weighted by atomic mass is 10.1. The molecular formula is C50H64N4O10. The monoisotopic (exact) mass is 880 g/mol. The smallest absolute Gasteiger partial charge is 0.330 e. The Morgan fingerprint density at radius 1 is 0.500 bits per heavy atom. The van der Waals surface area contributed by atoms with E-state index in [1.165, 1.54) is 12.2 Å². The van der Waals surface area contributed by atoms with Gasteiger partial charge in [-0.1, -0.05) is 126 Å². The Kier molecular flexibility index (Phi) is 23.0. The minimum atomic E-state index is -0.678. The second-order valence-corrected chi connectivity index (χ2v) is 15.4. The van der Waals surface area contributed by atoms with E-state index in [-0.39, 0.29) is 11.9 Å². The third-order valence-electron chi connectivity index (χ3n) is 10.3. The lowest BCUT2D eigenvalue weighted by molar-refractivity contribution is -0.326. The number of carbonyl (C=O) groups is 2. The lowest BCUT2D eigenvalue weighted by Gasteiger charge is -2.31. The van der Waals surface area contributed by atoms with Crippen molar-refractivity contribution in [1.29, 1.82) is 0 Å². The fourth-order valence-electron chi connectivity index (χ4n) is 6.69. The van der Waals surface area contributed by atoms with Crippen LogP contribution in [-0.2, 0) is 51.2 Å². The van der Waals surface area contributed by atoms with E-state index < -0.39 is 12.6 Å². The molecule has 0 amide bonds. The Balaban J connectivity index is 0.928. The molecule has 4 aromatic rings. The van der Waals surface area contributed by atoms with Crippen molar-refractivity contribution in [2.75, 3.05) is 39.6 Å². The van der Waals surface area contributed by atoms with Gasteiger partial charge in [-0.05, 0) is 36.8 Å². The molecule has 0 aliphatic carbocycles. The lowest BCUT2D eigenvalue weighted by Crippen LogP contribution is -2.41. The number of carbonyl (C=O) groups excluding carboxylic acids is 2. The van der Waals surface area contributed by atoms with Crippen LogP contribution in [0.4, 0.5) is 0 Å². The number of ether oxygens (including phenoxy) is 8. The first-order chi connectivity index (χ1) is 31.5. The van der Waals surface area contributed by atoms with Gasteiger partial charge in [-0.25, -0.2) is 29.5 Å². The number of hydrogen-bond acceptors (Lipinski definition) is 14. The second-order valence-electron chi connectivity index (χ2n) is 15.4. The maximum atomic E-state index is 11.0. The molecule has 0 N–H and O–H groups in total. The molecule has 2 atom stereocenters. The first-order valence-electron chi connectivity index (χ1n) is 22.6. The van der Waals surface area contributed by atoms with Crippen LogP contribution in [0.2, 0.25) is 0 Å². The van der Waals surface area contributed by atoms with Gasteiger partial charge in [0.1, 0.15) is 0 Å². The Morgan fingerprint density at radius 3 is 1.17 bits per heavy atom. The Hall–Kier alpha value is -5.54. The number of unbranched alkanes of at least 4 members (excludes halogenated alkanes) is 12. The SMILES string of the molecule is C=CC(=O)OCCCCCCCCCOc1cnc(-c2ccc(COC3OCCOC3OCc3ccc(-c4ncc(OCCCCCCCCCOC(=O)C=C)cn4)cc3)cc2)nc1. The van der Waals surface area contributed by atoms with Gasteiger partial charge in [0.25, 0.3) is 0 Å². The molecule has 14 nitrogen and oxygen atoms in total. The van der Waals surface area contributed by atoms with Gasteiger partial charge >= 0.3 is 11.9 Å². The number of hydrogen-bond donors (Lipinski definition) is 0. The minimum absolute atomic E-state index is 0.313. The van der Waals surface area contributed by atoms with Gasteiger partial charge in [0, 0.05) is 23.3 Å². The van der Waals surface area contributed by atoms with Crippen LogP contribution in [0, 0.1) is 0 Å². The highest BCUT2D eigenvalue weighted by atomic mass is 16.8. The van der Waals surface area contributed by atoms with Crippen molar-refractivity contribution in [2.24, 2.45) is 0 Å². The topological polar surface area (TPSA) is 160 Å². The largest absolute Gasteiger partial charge is 0.490 e. The summed E-state index contributed by atoms with van der Waals surface area (Å²) in [6.45, 7) is 10.4. The van der Waals surface area contributed by atoms with Gasteiger partial charge in [-0.3, -0.25) is 0 Å². The highest BCUT2D eigenvalue weighted by Gasteiger charge is 2.29. The van der Waals surface area contributed by atoms with Crippen LogP contribution in [0.25, 0.3) is 22.8 Å². The van der Waals surface area contributed by atoms with E-state index in [1.807, 2.05) is 48.5 Å². The number of esters is 2. The molecular weight excluding hydrogens is 817 g/mol. The van der Waals surface area contributed by atoms with Gasteiger partial charge in [0.05, 0.1) is 77.6 Å². The van der Waals surface area contributed by atoms with Crippen LogP contribution in [-0.4, -0.2) is 84.1 Å². The molecule has 1 saturated heterocycles. The predicted molar refractivity (Wildman–Crippen MR) is 242 cm³/mol. The molecule has 2 aromatic heterocycles. The van der Waals surface area contributed by atoms with E-state index in [1.54, 1.807) is 24.8 Å². The molecule has 0 radical (unpaired) electrons. The normalized spacial score (nSPS) is 14.7. The number of aromatic nitrogens is 4. The molecule has 2 aromatic carbocycles. The van der Waals surface area contributed by atoms with E-state index >= 15 is 0 Å². The maximum absolute atomic E-state index is 11.0. The predicted octanol–water partition coefficient (Wildman–Crippen LogP) is 9.71. The van der Waals surface area contributed by atoms with Crippen LogP contribution in [0.5, 0.6) is 11.5 Å². The van der Waals surface area contributed by atoms with Gasteiger partial charge in [-0.15, -0.1) is 0 Å². The molecule has 2 unspecified atom stereocenters. The van der Waals surface area contributed by atoms with Crippen molar-refractivity contribution < 1.29 is 47.5 Å². The van der Waals surface area contributed by atoms with E-state index in [0.717, 1.165) is 112 Å². The molecule has 0 saturated carbocycles. The summed E-state index contributed by atoms with van der Waals surface area (Å²) in [7, 11) is 0. The standard InChI is InChI=1S/C50H64N4O10/c1-3-45(55)59-29-17-13-9-5-7-11-15-27-57-43-33-51-47(52-34-43)41-23-19-39(20-24-41)37-63-49-50(62-32-31-61-49)64-38-40-21-25-42(26-22-40)48-53-35-44(36-54-48)58-28-16-12-8-6-10-14-18-30-60-46(56)4-2/h3-4,19-26,33-36,49-50H,1-2,5-18,27-32,37-38H2. The minimum Gasteiger partial charge on any atom is -0.490 e. The van der Waals surface area contributed by atoms with E-state index in [0.29, 0.717) is 76.0 Å². The summed E-state index contributed by atoms with van der Waals surface area (Å²) in [5.41, 5.74) is 3.70. The third-order valence-corrected chi connectivity index (χ3v) is 10.3. The second kappa shape index (κ2) is 29.8. The Labute approximate surface area is 377 Å². The molecule has 344 valence electrons. The average molecular weight is 881 g/mol. The van der Waals surface area contributed by atoms with Crippen LogP contribution in [0.1, 0.15) is 101 Å². The molecule has 14 heteroatoms. The highest BCUT2D eigenvalue weighted by Crippen LogP contribution is 2.23. The van der Waals surface area contributed by atoms with Crippen molar-refractivity contribution in [2.45, 2.75) is 116 Å². The van der Waals surface area contributed by atoms with Crippen molar-refractivity contribution in [3.05, 3.63) is 110 Å². The molecule has 1 fully saturated rings. The summed E-state index contributed by atoms with van der Waals surface area (Å²) in [6.07, 6.45) is 22.8. The summed E-state index contributed by atoms with van der Waals surface area (Å²) in [6, 6.07) is 15.8. The summed E-state index contributed by atoms with van der Waals surface area (Å²) < 4.78 is 45.7. The molecule has 64 heavy (non-hydrogen) atoms. The number of nitrogens with zero attached hydrogens (tertiary/aromatic N) is 4. The molecule has 0 bridgehead atoms. The molecule has 1 aliphatic heterocycles. The Morgan fingerprint density at radius 2 is 0.828 bits per heavy atom. The van der Waals surface area contributed by atoms with Crippen LogP contribution in [0.15, 0.2) is 98.6 Å². The van der Waals surface area contributed by atoms with Crippen LogP contribution >= 0.6 is 0 Å². The highest BCUT2D eigenvalue weighted by molar-refractivity contribution is 5.81. The number of benzene rings is 2. The molecule has 3 heterocycles. The fourth-order valence-corrected chi connectivity index (χ4v) is 6.69. The van der Waals surface area contributed by atoms with E-state index in [2.05, 4.69) is 33.1 Å². The van der Waals surface area contributed by atoms with Crippen molar-refractivity contribution in [3.63, 3.8) is 0 Å². The van der Waals surface area contributed by atoms with Crippen LogP contribution in [0.3, 0.4) is 0 Å². The first-order valence-corrected chi connectivity index (χ1v) is 22.6. The summed E-state index contributed by atoms with van der Waals surface area (Å²) in [4.78, 5) is 40.1. The van der Waals surface area contributed by atoms with Gasteiger partial charge in [-0.2, -0.15) is 0 Å². The van der Waals surface area contributed by atoms with Crippen molar-refractivity contribution >= 4 is 11.9 Å². The van der Waals surface area contributed by atoms with Crippen LogP contribution < -0.4 is 9.47 Å². The third kappa shape index (κ3) is 19.1. The van der Waals surface area contributed by atoms with Crippen molar-refractivity contribution in [3.8, 4) is 34.3 Å². The Bertz CT molecular complexity index is 1790. The molecule has 5 rings (SSSR count). The summed E-state index contributed by atoms with van der Waals surface area (Å²) >= 11 is 0. The van der Waals surface area contributed by atoms with Gasteiger partial charge < -0.3 is 37.9 Å². The van der Waals surface area contributed by atoms with Crippen molar-refractivity contribution in [1.82, 2.24) is 19.9 Å². The zero-order valence-electron chi connectivity index (χ0n) is 37.1. The quantitative estimate of drug-likeness (QED) is 0.0259. The van der Waals surface area contributed by atoms with E-state index in [4.69, 9.17) is 37.9 Å². The summed E-state index contributed by atoms with van der Waals surface area (Å²) in [5, 5.41) is 0. The van der Waals surface area contributed by atoms with E-state index in [9.17, 15) is 9.59 Å². The number of rotatable bonds is 32. The molecule has 0 spiro atoms. The maximum Gasteiger partial charge on any atom is 0.330 e. The van der Waals surface area contributed by atoms with Gasteiger partial charge in [0.15, 0.2) is 23.1 Å². The first kappa shape index (κ1) is 49.5. The van der Waals surface area contributed by atoms with Gasteiger partial charge in [0.2, 0.25) is 12.6 Å². The summed E-state index contributed by atoms with van der Waals surface area (Å²) in [5.74, 6) is 1.82. The molecule has 1 aliphatic rings. The average Bonchev–Trinajstić information content (AvgIpc) is 3.34.